The molecule has 0 amide bonds. The Bertz CT molecular complexity index is 1480. The number of nitrogens with zero attached hydrogens (tertiary/aromatic N) is 5. The van der Waals surface area contributed by atoms with Crippen molar-refractivity contribution >= 4 is 16.9 Å². The first kappa shape index (κ1) is 25.2. The third-order valence-electron chi connectivity index (χ3n) is 6.10. The number of carbonyl (C=O) groups excluding carboxylic acids is 1. The number of aromatic amines is 1. The number of ether oxygens (including phenoxy) is 4. The number of nitrogens with one attached hydrogen (secondary N) is 1. The van der Waals surface area contributed by atoms with Gasteiger partial charge in [0, 0.05) is 30.1 Å². The van der Waals surface area contributed by atoms with Gasteiger partial charge in [-0.3, -0.25) is 14.5 Å². The van der Waals surface area contributed by atoms with Crippen LogP contribution in [0.1, 0.15) is 23.9 Å². The molecule has 0 fully saturated rings. The van der Waals surface area contributed by atoms with Crippen LogP contribution in [0.3, 0.4) is 0 Å². The van der Waals surface area contributed by atoms with Gasteiger partial charge in [-0.1, -0.05) is 12.1 Å². The molecule has 38 heavy (non-hydrogen) atoms. The summed E-state index contributed by atoms with van der Waals surface area (Å²) in [6.07, 6.45) is 0. The van der Waals surface area contributed by atoms with Crippen molar-refractivity contribution < 1.29 is 23.7 Å². The summed E-state index contributed by atoms with van der Waals surface area (Å²) < 4.78 is 23.1. The van der Waals surface area contributed by atoms with Gasteiger partial charge in [0.15, 0.2) is 17.3 Å². The van der Waals surface area contributed by atoms with Crippen LogP contribution in [0, 0.1) is 0 Å². The smallest absolute Gasteiger partial charge is 0.327 e. The van der Waals surface area contributed by atoms with E-state index < -0.39 is 5.97 Å². The second kappa shape index (κ2) is 11.3. The summed E-state index contributed by atoms with van der Waals surface area (Å²) in [5.41, 5.74) is 2.03. The number of pyridine rings is 1. The fourth-order valence-electron chi connectivity index (χ4n) is 4.29. The van der Waals surface area contributed by atoms with Crippen molar-refractivity contribution in [3.05, 3.63) is 69.8 Å². The molecule has 0 bridgehead atoms. The Morgan fingerprint density at radius 2 is 1.84 bits per heavy atom. The number of benzene rings is 2. The maximum Gasteiger partial charge on any atom is 0.327 e. The van der Waals surface area contributed by atoms with Crippen LogP contribution < -0.4 is 19.8 Å². The van der Waals surface area contributed by atoms with Crippen molar-refractivity contribution in [2.45, 2.75) is 33.1 Å². The molecular formula is C26H28N6O6. The molecule has 1 N–H and O–H groups in total. The highest BCUT2D eigenvalue weighted by molar-refractivity contribution is 5.83. The van der Waals surface area contributed by atoms with Gasteiger partial charge in [-0.05, 0) is 47.2 Å². The second-order valence-corrected chi connectivity index (χ2v) is 8.76. The number of methoxy groups -OCH3 is 1. The van der Waals surface area contributed by atoms with Crippen molar-refractivity contribution in [3.63, 3.8) is 0 Å². The maximum absolute atomic E-state index is 13.1. The summed E-state index contributed by atoms with van der Waals surface area (Å²) in [7, 11) is 1.62. The summed E-state index contributed by atoms with van der Waals surface area (Å²) >= 11 is 0. The van der Waals surface area contributed by atoms with Gasteiger partial charge in [-0.25, -0.2) is 4.68 Å². The Hall–Kier alpha value is -4.45. The summed E-state index contributed by atoms with van der Waals surface area (Å²) in [5.74, 6) is 2.06. The SMILES string of the molecule is CCOC(=O)Cn1nnnc1CN(Cc1ccc(OC)cc1)Cc1cc2cc3c(cc2[nH]c1=O)OCCO3. The van der Waals surface area contributed by atoms with Gasteiger partial charge in [-0.15, -0.1) is 5.10 Å². The van der Waals surface area contributed by atoms with Crippen LogP contribution in [0.25, 0.3) is 10.9 Å². The van der Waals surface area contributed by atoms with Crippen LogP contribution in [-0.4, -0.2) is 63.0 Å². The molecule has 0 unspecified atom stereocenters. The van der Waals surface area contributed by atoms with E-state index in [1.165, 1.54) is 4.68 Å². The molecule has 12 heteroatoms. The number of rotatable bonds is 10. The molecule has 0 saturated carbocycles. The highest BCUT2D eigenvalue weighted by atomic mass is 16.6. The Labute approximate surface area is 218 Å². The third kappa shape index (κ3) is 5.75. The number of fused-ring (bicyclic) bond motifs is 2. The lowest BCUT2D eigenvalue weighted by molar-refractivity contribution is -0.144. The zero-order chi connectivity index (χ0) is 26.5. The van der Waals surface area contributed by atoms with E-state index in [9.17, 15) is 9.59 Å². The first-order valence-electron chi connectivity index (χ1n) is 12.2. The topological polar surface area (TPSA) is 134 Å². The highest BCUT2D eigenvalue weighted by Gasteiger charge is 2.19. The zero-order valence-corrected chi connectivity index (χ0v) is 21.2. The molecule has 198 valence electrons. The minimum absolute atomic E-state index is 0.101. The molecular weight excluding hydrogens is 492 g/mol. The summed E-state index contributed by atoms with van der Waals surface area (Å²) in [5, 5.41) is 12.6. The van der Waals surface area contributed by atoms with Gasteiger partial charge < -0.3 is 23.9 Å². The van der Waals surface area contributed by atoms with Crippen molar-refractivity contribution in [3.8, 4) is 17.2 Å². The van der Waals surface area contributed by atoms with Crippen molar-refractivity contribution in [2.75, 3.05) is 26.9 Å². The summed E-state index contributed by atoms with van der Waals surface area (Å²) in [6, 6.07) is 13.2. The molecule has 1 aliphatic rings. The number of hydrogen-bond acceptors (Lipinski definition) is 10. The average molecular weight is 521 g/mol. The minimum atomic E-state index is -0.428. The number of carbonyl (C=O) groups is 1. The van der Waals surface area contributed by atoms with Crippen molar-refractivity contribution in [1.29, 1.82) is 0 Å². The first-order chi connectivity index (χ1) is 18.5. The van der Waals surface area contributed by atoms with E-state index in [0.717, 1.165) is 16.7 Å². The monoisotopic (exact) mass is 520 g/mol. The highest BCUT2D eigenvalue weighted by Crippen LogP contribution is 2.33. The average Bonchev–Trinajstić information content (AvgIpc) is 3.34. The standard InChI is InChI=1S/C26H28N6O6/c1-3-36-25(33)16-32-24(28-29-30-32)15-31(13-17-4-6-20(35-2)7-5-17)14-19-10-18-11-22-23(38-9-8-37-22)12-21(18)27-26(19)34/h4-7,10-12H,3,8-9,13-16H2,1-2H3,(H,27,34). The minimum Gasteiger partial charge on any atom is -0.497 e. The van der Waals surface area contributed by atoms with E-state index in [1.807, 2.05) is 41.3 Å². The fraction of sp³-hybridized carbons (Fsp3) is 0.346. The molecule has 2 aromatic carbocycles. The lowest BCUT2D eigenvalue weighted by Gasteiger charge is -2.22. The molecule has 0 saturated heterocycles. The first-order valence-corrected chi connectivity index (χ1v) is 12.2. The largest absolute Gasteiger partial charge is 0.497 e. The van der Waals surface area contributed by atoms with Gasteiger partial charge in [-0.2, -0.15) is 0 Å². The van der Waals surface area contributed by atoms with E-state index >= 15 is 0 Å². The summed E-state index contributed by atoms with van der Waals surface area (Å²) in [6.45, 7) is 3.94. The van der Waals surface area contributed by atoms with Crippen LogP contribution in [0.15, 0.2) is 47.3 Å². The van der Waals surface area contributed by atoms with Gasteiger partial charge in [0.05, 0.1) is 25.8 Å². The lowest BCUT2D eigenvalue weighted by Crippen LogP contribution is -2.28. The fourth-order valence-corrected chi connectivity index (χ4v) is 4.29. The molecule has 1 aliphatic heterocycles. The maximum atomic E-state index is 13.1. The molecule has 0 spiro atoms. The van der Waals surface area contributed by atoms with E-state index in [1.54, 1.807) is 20.1 Å². The molecule has 5 rings (SSSR count). The van der Waals surface area contributed by atoms with Crippen molar-refractivity contribution in [1.82, 2.24) is 30.1 Å². The predicted octanol–water partition coefficient (Wildman–Crippen LogP) is 2.06. The van der Waals surface area contributed by atoms with E-state index in [-0.39, 0.29) is 25.3 Å². The molecule has 12 nitrogen and oxygen atoms in total. The van der Waals surface area contributed by atoms with E-state index in [2.05, 4.69) is 20.5 Å². The molecule has 0 atom stereocenters. The Morgan fingerprint density at radius 3 is 2.58 bits per heavy atom. The number of hydrogen-bond donors (Lipinski definition) is 1. The molecule has 0 radical (unpaired) electrons. The third-order valence-corrected chi connectivity index (χ3v) is 6.10. The Balaban J connectivity index is 1.44. The zero-order valence-electron chi connectivity index (χ0n) is 21.2. The van der Waals surface area contributed by atoms with Crippen LogP contribution in [0.4, 0.5) is 0 Å². The van der Waals surface area contributed by atoms with Crippen LogP contribution in [-0.2, 0) is 35.7 Å². The summed E-state index contributed by atoms with van der Waals surface area (Å²) in [4.78, 5) is 30.1. The molecule has 0 aliphatic carbocycles. The quantitative estimate of drug-likeness (QED) is 0.310. The van der Waals surface area contributed by atoms with Gasteiger partial charge in [0.2, 0.25) is 0 Å². The van der Waals surface area contributed by atoms with Gasteiger partial charge >= 0.3 is 5.97 Å². The van der Waals surface area contributed by atoms with E-state index in [4.69, 9.17) is 18.9 Å². The van der Waals surface area contributed by atoms with Crippen LogP contribution in [0.5, 0.6) is 17.2 Å². The predicted molar refractivity (Wildman–Crippen MR) is 136 cm³/mol. The van der Waals surface area contributed by atoms with Crippen LogP contribution in [0.2, 0.25) is 0 Å². The van der Waals surface area contributed by atoms with Gasteiger partial charge in [0.1, 0.15) is 25.5 Å². The van der Waals surface area contributed by atoms with Gasteiger partial charge in [0.25, 0.3) is 5.56 Å². The molecule has 2 aromatic heterocycles. The van der Waals surface area contributed by atoms with Crippen LogP contribution >= 0.6 is 0 Å². The number of tetrazole rings is 1. The van der Waals surface area contributed by atoms with Crippen molar-refractivity contribution in [2.24, 2.45) is 0 Å². The normalized spacial score (nSPS) is 12.6. The number of aromatic nitrogens is 5. The molecule has 4 aromatic rings. The Morgan fingerprint density at radius 1 is 1.08 bits per heavy atom. The lowest BCUT2D eigenvalue weighted by atomic mass is 10.1. The Kier molecular flexibility index (Phi) is 7.50. The second-order valence-electron chi connectivity index (χ2n) is 8.76. The molecule has 3 heterocycles. The number of esters is 1. The number of H-pyrrole nitrogens is 1. The van der Waals surface area contributed by atoms with E-state index in [0.29, 0.717) is 54.7 Å².